The summed E-state index contributed by atoms with van der Waals surface area (Å²) in [6.07, 6.45) is 20.4. The molecule has 2 N–H and O–H groups in total. The molecule has 4 aromatic rings. The van der Waals surface area contributed by atoms with Gasteiger partial charge in [-0.1, -0.05) is 56.5 Å². The zero-order valence-electron chi connectivity index (χ0n) is 38.7. The Morgan fingerprint density at radius 3 is 1.56 bits per heavy atom. The molecule has 12 nitrogen and oxygen atoms in total. The van der Waals surface area contributed by atoms with Crippen molar-refractivity contribution in [2.45, 2.75) is 124 Å². The third-order valence-electron chi connectivity index (χ3n) is 11.3. The molecular formula is C50H67BrN6O6. The van der Waals surface area contributed by atoms with Gasteiger partial charge in [-0.3, -0.25) is 9.59 Å². The highest BCUT2D eigenvalue weighted by atomic mass is 79.9. The van der Waals surface area contributed by atoms with Crippen LogP contribution in [0.15, 0.2) is 71.7 Å². The third-order valence-corrected chi connectivity index (χ3v) is 11.7. The molecule has 0 saturated heterocycles. The van der Waals surface area contributed by atoms with Crippen molar-refractivity contribution in [3.05, 3.63) is 88.4 Å². The summed E-state index contributed by atoms with van der Waals surface area (Å²) >= 11 is 3.32. The van der Waals surface area contributed by atoms with Crippen LogP contribution in [0.2, 0.25) is 0 Å². The molecule has 0 amide bonds. The molecule has 2 aliphatic rings. The van der Waals surface area contributed by atoms with Crippen LogP contribution >= 0.6 is 15.9 Å². The summed E-state index contributed by atoms with van der Waals surface area (Å²) in [6.45, 7) is 14.7. The molecule has 1 fully saturated rings. The molecule has 1 saturated carbocycles. The predicted molar refractivity (Wildman–Crippen MR) is 252 cm³/mol. The van der Waals surface area contributed by atoms with E-state index >= 15 is 0 Å². The Morgan fingerprint density at radius 2 is 1.14 bits per heavy atom. The van der Waals surface area contributed by atoms with Gasteiger partial charge in [0, 0.05) is 65.7 Å². The smallest absolute Gasteiger partial charge is 0.320 e. The van der Waals surface area contributed by atoms with E-state index in [0.717, 1.165) is 62.2 Å². The van der Waals surface area contributed by atoms with Gasteiger partial charge in [-0.2, -0.15) is 0 Å². The van der Waals surface area contributed by atoms with Gasteiger partial charge in [0.15, 0.2) is 11.6 Å². The van der Waals surface area contributed by atoms with Crippen LogP contribution in [0.4, 0.5) is 0 Å². The molecular weight excluding hydrogens is 860 g/mol. The van der Waals surface area contributed by atoms with Gasteiger partial charge in [0.1, 0.15) is 22.7 Å². The van der Waals surface area contributed by atoms with E-state index in [1.807, 2.05) is 90.3 Å². The van der Waals surface area contributed by atoms with Crippen LogP contribution in [-0.2, 0) is 32.2 Å². The molecule has 0 aliphatic heterocycles. The molecule has 0 radical (unpaired) electrons. The van der Waals surface area contributed by atoms with Crippen LogP contribution in [0.3, 0.4) is 0 Å². The molecule has 2 aromatic heterocycles. The normalized spacial score (nSPS) is 17.7. The molecule has 1 atom stereocenters. The maximum Gasteiger partial charge on any atom is 0.320 e. The summed E-state index contributed by atoms with van der Waals surface area (Å²) in [6, 6.07) is 11.7. The first-order chi connectivity index (χ1) is 30.0. The summed E-state index contributed by atoms with van der Waals surface area (Å²) in [5, 5.41) is 6.21. The Morgan fingerprint density at radius 1 is 0.667 bits per heavy atom. The van der Waals surface area contributed by atoms with Gasteiger partial charge < -0.3 is 29.6 Å². The molecule has 1 unspecified atom stereocenters. The van der Waals surface area contributed by atoms with Crippen molar-refractivity contribution in [2.24, 2.45) is 17.8 Å². The van der Waals surface area contributed by atoms with E-state index in [9.17, 15) is 9.59 Å². The van der Waals surface area contributed by atoms with Crippen LogP contribution in [0, 0.1) is 17.8 Å². The predicted octanol–water partition coefficient (Wildman–Crippen LogP) is 10.3. The second-order valence-electron chi connectivity index (χ2n) is 18.4. The second-order valence-corrected chi connectivity index (χ2v) is 19.3. The maximum absolute atomic E-state index is 12.0. The van der Waals surface area contributed by atoms with E-state index in [-0.39, 0.29) is 25.0 Å². The van der Waals surface area contributed by atoms with E-state index < -0.39 is 11.2 Å². The van der Waals surface area contributed by atoms with Gasteiger partial charge in [-0.15, -0.1) is 0 Å². The summed E-state index contributed by atoms with van der Waals surface area (Å²) < 4.78 is 22.5. The Bertz CT molecular complexity index is 2120. The molecule has 2 heterocycles. The number of carbonyl (C=O) groups excluding carboxylic acids is 2. The first-order valence-electron chi connectivity index (χ1n) is 22.2. The Kier molecular flexibility index (Phi) is 18.2. The highest BCUT2D eigenvalue weighted by molar-refractivity contribution is 9.10. The lowest BCUT2D eigenvalue weighted by molar-refractivity contribution is -0.154. The topological polar surface area (TPSA) is 147 Å². The average molecular weight is 928 g/mol. The minimum Gasteiger partial charge on any atom is -0.496 e. The quantitative estimate of drug-likeness (QED) is 0.109. The number of rotatable bonds is 15. The summed E-state index contributed by atoms with van der Waals surface area (Å²) in [4.78, 5) is 41.6. The minimum atomic E-state index is -0.489. The van der Waals surface area contributed by atoms with Gasteiger partial charge in [0.2, 0.25) is 0 Å². The van der Waals surface area contributed by atoms with Gasteiger partial charge >= 0.3 is 11.9 Å². The number of nitrogens with zero attached hydrogens (tertiary/aromatic N) is 4. The number of allylic oxidation sites excluding steroid dienone is 2. The van der Waals surface area contributed by atoms with Crippen molar-refractivity contribution < 1.29 is 28.5 Å². The van der Waals surface area contributed by atoms with Crippen LogP contribution in [0.25, 0.3) is 28.3 Å². The van der Waals surface area contributed by atoms with Crippen molar-refractivity contribution in [3.63, 3.8) is 0 Å². The molecule has 2 aliphatic carbocycles. The van der Waals surface area contributed by atoms with E-state index in [1.54, 1.807) is 26.6 Å². The third kappa shape index (κ3) is 15.8. The van der Waals surface area contributed by atoms with Crippen molar-refractivity contribution in [1.82, 2.24) is 30.6 Å². The fourth-order valence-electron chi connectivity index (χ4n) is 8.13. The van der Waals surface area contributed by atoms with Gasteiger partial charge in [-0.25, -0.2) is 19.9 Å². The molecule has 340 valence electrons. The standard InChI is InChI=1S/C32H45N3O3.C18H22BrN3O3/c1-6-22-7-9-23(10-8-22)24-11-13-25(14-12-24)28-19-34-31(35-20-28)26-15-16-27(29(17-26)37-5)18-33-21-30(36)38-32(2,3)4;1-18(2,3)25-16(23)11-20-8-13-6-5-12(7-15(13)24-4)17-21-9-14(19)10-22-17/h13,15-17,19-20,22-24,33H,6-12,14,18,21H2,1-5H3;5-7,9-10,20H,8,11H2,1-4H3. The first kappa shape index (κ1) is 49.3. The number of ether oxygens (including phenoxy) is 4. The zero-order chi connectivity index (χ0) is 45.6. The number of benzene rings is 2. The number of hydrogen-bond acceptors (Lipinski definition) is 12. The second kappa shape index (κ2) is 23.3. The van der Waals surface area contributed by atoms with Gasteiger partial charge in [-0.05, 0) is 125 Å². The molecule has 0 bridgehead atoms. The van der Waals surface area contributed by atoms with Crippen LogP contribution in [0.5, 0.6) is 11.5 Å². The monoisotopic (exact) mass is 926 g/mol. The zero-order valence-corrected chi connectivity index (χ0v) is 40.3. The van der Waals surface area contributed by atoms with Crippen LogP contribution in [-0.4, -0.2) is 70.4 Å². The number of hydrogen-bond donors (Lipinski definition) is 2. The number of aromatic nitrogens is 4. The molecule has 2 aromatic carbocycles. The highest BCUT2D eigenvalue weighted by Crippen LogP contribution is 2.42. The summed E-state index contributed by atoms with van der Waals surface area (Å²) in [5.74, 6) is 4.92. The Labute approximate surface area is 382 Å². The van der Waals surface area contributed by atoms with Crippen LogP contribution < -0.4 is 20.1 Å². The van der Waals surface area contributed by atoms with Gasteiger partial charge in [0.05, 0.1) is 31.8 Å². The molecule has 6 rings (SSSR count). The summed E-state index contributed by atoms with van der Waals surface area (Å²) in [5.41, 5.74) is 5.22. The largest absolute Gasteiger partial charge is 0.496 e. The van der Waals surface area contributed by atoms with Crippen molar-refractivity contribution >= 4 is 33.4 Å². The lowest BCUT2D eigenvalue weighted by atomic mass is 9.71. The van der Waals surface area contributed by atoms with E-state index in [4.69, 9.17) is 28.9 Å². The van der Waals surface area contributed by atoms with Crippen molar-refractivity contribution in [2.75, 3.05) is 27.3 Å². The lowest BCUT2D eigenvalue weighted by Gasteiger charge is -2.35. The number of carbonyl (C=O) groups is 2. The van der Waals surface area contributed by atoms with E-state index in [1.165, 1.54) is 50.5 Å². The Balaban J connectivity index is 0.000000260. The van der Waals surface area contributed by atoms with Crippen molar-refractivity contribution in [1.29, 1.82) is 0 Å². The van der Waals surface area contributed by atoms with Crippen LogP contribution in [0.1, 0.15) is 117 Å². The number of nitrogens with one attached hydrogen (secondary N) is 2. The number of halogens is 1. The van der Waals surface area contributed by atoms with Crippen molar-refractivity contribution in [3.8, 4) is 34.3 Å². The van der Waals surface area contributed by atoms with E-state index in [2.05, 4.69) is 49.5 Å². The number of esters is 2. The fraction of sp³-hybridized carbons (Fsp3) is 0.520. The molecule has 63 heavy (non-hydrogen) atoms. The van der Waals surface area contributed by atoms with Gasteiger partial charge in [0.25, 0.3) is 0 Å². The molecule has 13 heteroatoms. The summed E-state index contributed by atoms with van der Waals surface area (Å²) in [7, 11) is 3.26. The average Bonchev–Trinajstić information content (AvgIpc) is 3.26. The molecule has 0 spiro atoms. The highest BCUT2D eigenvalue weighted by Gasteiger charge is 2.28. The number of methoxy groups -OCH3 is 2. The SMILES string of the molecule is CCC1CCC(C2CC=C(c3cnc(-c4ccc(CNCC(=O)OC(C)(C)C)c(OC)c4)nc3)CC2)CC1.COc1cc(-c2ncc(Br)cn2)ccc1CNCC(=O)OC(C)(C)C. The van der Waals surface area contributed by atoms with E-state index in [0.29, 0.717) is 30.5 Å². The minimum absolute atomic E-state index is 0.137. The fourth-order valence-corrected chi connectivity index (χ4v) is 8.33. The first-order valence-corrected chi connectivity index (χ1v) is 23.0. The maximum atomic E-state index is 12.0. The Hall–Kier alpha value is -4.72. The lowest BCUT2D eigenvalue weighted by Crippen LogP contribution is -2.31.